The molecule has 2 rings (SSSR count). The van der Waals surface area contributed by atoms with Crippen LogP contribution in [0.15, 0.2) is 42.5 Å². The van der Waals surface area contributed by atoms with E-state index in [9.17, 15) is 18.0 Å². The fourth-order valence-electron chi connectivity index (χ4n) is 3.45. The van der Waals surface area contributed by atoms with Gasteiger partial charge in [-0.25, -0.2) is 8.42 Å². The molecule has 186 valence electrons. The number of hydrogen-bond donors (Lipinski definition) is 1. The fraction of sp³-hybridized carbons (Fsp3) is 0.440. The molecule has 0 aliphatic rings. The van der Waals surface area contributed by atoms with Gasteiger partial charge in [0.25, 0.3) is 0 Å². The standard InChI is InChI=1S/C25H34ClN3O4S/c1-17(2)14-27-25(31)20(5)28(15-21-11-7-8-12-22(21)26)24(30)16-29(34(6,32)33)23-13-9-10-18(3)19(23)4/h7-13,17,20H,14-16H2,1-6H3,(H,27,31)/t20-/m1/s1. The van der Waals surface area contributed by atoms with Crippen molar-refractivity contribution in [3.63, 3.8) is 0 Å². The molecule has 0 bridgehead atoms. The molecule has 0 unspecified atom stereocenters. The molecule has 0 heterocycles. The van der Waals surface area contributed by atoms with Crippen LogP contribution in [0.1, 0.15) is 37.5 Å². The number of nitrogens with zero attached hydrogens (tertiary/aromatic N) is 2. The number of carbonyl (C=O) groups is 2. The quantitative estimate of drug-likeness (QED) is 0.528. The highest BCUT2D eigenvalue weighted by molar-refractivity contribution is 7.92. The monoisotopic (exact) mass is 507 g/mol. The Bertz CT molecular complexity index is 1130. The highest BCUT2D eigenvalue weighted by atomic mass is 35.5. The van der Waals surface area contributed by atoms with E-state index < -0.39 is 28.5 Å². The van der Waals surface area contributed by atoms with Crippen LogP contribution in [0.5, 0.6) is 0 Å². The Morgan fingerprint density at radius 2 is 1.68 bits per heavy atom. The smallest absolute Gasteiger partial charge is 0.244 e. The minimum absolute atomic E-state index is 0.0686. The van der Waals surface area contributed by atoms with Crippen LogP contribution in [-0.2, 0) is 26.2 Å². The summed E-state index contributed by atoms with van der Waals surface area (Å²) in [5.41, 5.74) is 2.78. The Balaban J connectivity index is 2.43. The Kier molecular flexibility index (Phi) is 9.53. The molecule has 2 aromatic rings. The number of rotatable bonds is 10. The predicted octanol–water partition coefficient (Wildman–Crippen LogP) is 3.91. The first kappa shape index (κ1) is 27.7. The van der Waals surface area contributed by atoms with Crippen molar-refractivity contribution in [2.45, 2.75) is 47.2 Å². The first-order chi connectivity index (χ1) is 15.8. The zero-order valence-corrected chi connectivity index (χ0v) is 22.2. The maximum atomic E-state index is 13.6. The number of carbonyl (C=O) groups excluding carboxylic acids is 2. The van der Waals surface area contributed by atoms with Crippen molar-refractivity contribution in [3.05, 3.63) is 64.2 Å². The number of halogens is 1. The molecule has 0 aliphatic carbocycles. The molecule has 0 spiro atoms. The summed E-state index contributed by atoms with van der Waals surface area (Å²) < 4.78 is 26.5. The molecule has 0 fully saturated rings. The molecule has 0 saturated heterocycles. The molecule has 2 amide bonds. The normalized spacial score (nSPS) is 12.4. The van der Waals surface area contributed by atoms with Crippen molar-refractivity contribution in [2.24, 2.45) is 5.92 Å². The molecule has 34 heavy (non-hydrogen) atoms. The zero-order chi connectivity index (χ0) is 25.6. The van der Waals surface area contributed by atoms with Crippen molar-refractivity contribution in [1.29, 1.82) is 0 Å². The third kappa shape index (κ3) is 7.21. The maximum absolute atomic E-state index is 13.6. The summed E-state index contributed by atoms with van der Waals surface area (Å²) in [5.74, 6) is -0.570. The zero-order valence-electron chi connectivity index (χ0n) is 20.6. The lowest BCUT2D eigenvalue weighted by molar-refractivity contribution is -0.139. The van der Waals surface area contributed by atoms with Crippen LogP contribution in [0.3, 0.4) is 0 Å². The lowest BCUT2D eigenvalue weighted by Crippen LogP contribution is -2.51. The topological polar surface area (TPSA) is 86.8 Å². The molecule has 9 heteroatoms. The first-order valence-corrected chi connectivity index (χ1v) is 13.4. The second kappa shape index (κ2) is 11.7. The van der Waals surface area contributed by atoms with E-state index in [2.05, 4.69) is 5.32 Å². The van der Waals surface area contributed by atoms with Gasteiger partial charge in [-0.15, -0.1) is 0 Å². The molecule has 1 atom stereocenters. The molecule has 2 aromatic carbocycles. The number of aryl methyl sites for hydroxylation is 1. The Morgan fingerprint density at radius 3 is 2.26 bits per heavy atom. The molecular weight excluding hydrogens is 474 g/mol. The van der Waals surface area contributed by atoms with Gasteiger partial charge < -0.3 is 10.2 Å². The maximum Gasteiger partial charge on any atom is 0.244 e. The van der Waals surface area contributed by atoms with Gasteiger partial charge in [0.1, 0.15) is 12.6 Å². The summed E-state index contributed by atoms with van der Waals surface area (Å²) >= 11 is 6.33. The number of nitrogens with one attached hydrogen (secondary N) is 1. The van der Waals surface area contributed by atoms with E-state index in [1.54, 1.807) is 43.3 Å². The number of sulfonamides is 1. The number of hydrogen-bond acceptors (Lipinski definition) is 4. The van der Waals surface area contributed by atoms with E-state index in [0.717, 1.165) is 21.7 Å². The predicted molar refractivity (Wildman–Crippen MR) is 137 cm³/mol. The van der Waals surface area contributed by atoms with E-state index >= 15 is 0 Å². The van der Waals surface area contributed by atoms with E-state index in [-0.39, 0.29) is 18.4 Å². The van der Waals surface area contributed by atoms with Gasteiger partial charge in [0.05, 0.1) is 11.9 Å². The lowest BCUT2D eigenvalue weighted by atomic mass is 10.1. The van der Waals surface area contributed by atoms with E-state index in [1.807, 2.05) is 33.8 Å². The fourth-order valence-corrected chi connectivity index (χ4v) is 4.54. The molecule has 1 N–H and O–H groups in total. The summed E-state index contributed by atoms with van der Waals surface area (Å²) in [6, 6.07) is 11.5. The van der Waals surface area contributed by atoms with Crippen LogP contribution < -0.4 is 9.62 Å². The van der Waals surface area contributed by atoms with Gasteiger partial charge in [-0.05, 0) is 55.5 Å². The van der Waals surface area contributed by atoms with Gasteiger partial charge in [-0.1, -0.05) is 55.8 Å². The van der Waals surface area contributed by atoms with Crippen LogP contribution in [0, 0.1) is 19.8 Å². The number of amides is 2. The van der Waals surface area contributed by atoms with Crippen molar-refractivity contribution < 1.29 is 18.0 Å². The van der Waals surface area contributed by atoms with Crippen LogP contribution in [0.25, 0.3) is 0 Å². The third-order valence-electron chi connectivity index (χ3n) is 5.67. The summed E-state index contributed by atoms with van der Waals surface area (Å²) in [5, 5.41) is 3.31. The second-order valence-corrected chi connectivity index (χ2v) is 11.2. The highest BCUT2D eigenvalue weighted by Gasteiger charge is 2.31. The van der Waals surface area contributed by atoms with E-state index in [1.165, 1.54) is 4.90 Å². The second-order valence-electron chi connectivity index (χ2n) is 8.92. The summed E-state index contributed by atoms with van der Waals surface area (Å²) in [7, 11) is -3.78. The van der Waals surface area contributed by atoms with Crippen LogP contribution in [0.2, 0.25) is 5.02 Å². The Labute approximate surface area is 208 Å². The first-order valence-electron chi connectivity index (χ1n) is 11.2. The van der Waals surface area contributed by atoms with Gasteiger partial charge in [-0.2, -0.15) is 0 Å². The van der Waals surface area contributed by atoms with E-state index in [4.69, 9.17) is 11.6 Å². The van der Waals surface area contributed by atoms with E-state index in [0.29, 0.717) is 22.8 Å². The van der Waals surface area contributed by atoms with Gasteiger partial charge in [-0.3, -0.25) is 13.9 Å². The molecule has 0 radical (unpaired) electrons. The van der Waals surface area contributed by atoms with Gasteiger partial charge in [0.2, 0.25) is 21.8 Å². The Morgan fingerprint density at radius 1 is 1.03 bits per heavy atom. The summed E-state index contributed by atoms with van der Waals surface area (Å²) in [4.78, 5) is 27.8. The lowest BCUT2D eigenvalue weighted by Gasteiger charge is -2.32. The molecule has 0 aliphatic heterocycles. The average molecular weight is 508 g/mol. The number of anilines is 1. The molecule has 0 aromatic heterocycles. The van der Waals surface area contributed by atoms with Gasteiger partial charge >= 0.3 is 0 Å². The van der Waals surface area contributed by atoms with Crippen LogP contribution in [0.4, 0.5) is 5.69 Å². The molecular formula is C25H34ClN3O4S. The van der Waals surface area contributed by atoms with Crippen molar-refractivity contribution >= 4 is 39.1 Å². The largest absolute Gasteiger partial charge is 0.354 e. The summed E-state index contributed by atoms with van der Waals surface area (Å²) in [6.07, 6.45) is 1.07. The average Bonchev–Trinajstić information content (AvgIpc) is 2.76. The highest BCUT2D eigenvalue weighted by Crippen LogP contribution is 2.26. The van der Waals surface area contributed by atoms with Crippen molar-refractivity contribution in [3.8, 4) is 0 Å². The minimum atomic E-state index is -3.78. The van der Waals surface area contributed by atoms with Gasteiger partial charge in [0, 0.05) is 18.1 Å². The summed E-state index contributed by atoms with van der Waals surface area (Å²) in [6.45, 7) is 9.39. The van der Waals surface area contributed by atoms with Crippen LogP contribution >= 0.6 is 11.6 Å². The van der Waals surface area contributed by atoms with Crippen molar-refractivity contribution in [1.82, 2.24) is 10.2 Å². The third-order valence-corrected chi connectivity index (χ3v) is 7.17. The number of benzene rings is 2. The Hall–Kier alpha value is -2.58. The van der Waals surface area contributed by atoms with Gasteiger partial charge in [0.15, 0.2) is 0 Å². The van der Waals surface area contributed by atoms with Crippen molar-refractivity contribution in [2.75, 3.05) is 23.7 Å². The SMILES string of the molecule is Cc1cccc(N(CC(=O)N(Cc2ccccc2Cl)[C@H](C)C(=O)NCC(C)C)S(C)(=O)=O)c1C. The molecule has 0 saturated carbocycles. The molecule has 7 nitrogen and oxygen atoms in total. The van der Waals surface area contributed by atoms with Crippen LogP contribution in [-0.4, -0.2) is 50.5 Å². The minimum Gasteiger partial charge on any atom is -0.354 e.